The van der Waals surface area contributed by atoms with E-state index in [1.54, 1.807) is 23.0 Å². The van der Waals surface area contributed by atoms with Gasteiger partial charge >= 0.3 is 6.61 Å². The van der Waals surface area contributed by atoms with E-state index in [0.717, 1.165) is 0 Å². The fraction of sp³-hybridized carbons (Fsp3) is 0.381. The monoisotopic (exact) mass is 446 g/mol. The number of H-pyrrole nitrogens is 1. The summed E-state index contributed by atoms with van der Waals surface area (Å²) < 4.78 is 51.0. The first kappa shape index (κ1) is 20.6. The molecule has 0 bridgehead atoms. The van der Waals surface area contributed by atoms with Gasteiger partial charge in [-0.05, 0) is 31.7 Å². The number of alkyl halides is 2. The molecule has 11 heteroatoms. The molecule has 5 rings (SSSR count). The number of halogens is 3. The topological polar surface area (TPSA) is 89.4 Å². The quantitative estimate of drug-likeness (QED) is 0.457. The lowest BCUT2D eigenvalue weighted by Crippen LogP contribution is -2.31. The van der Waals surface area contributed by atoms with E-state index >= 15 is 0 Å². The first-order valence-corrected chi connectivity index (χ1v) is 10.3. The lowest BCUT2D eigenvalue weighted by Gasteiger charge is -2.28. The van der Waals surface area contributed by atoms with Crippen molar-refractivity contribution in [1.29, 1.82) is 0 Å². The summed E-state index contributed by atoms with van der Waals surface area (Å²) in [4.78, 5) is 16.1. The number of aromatic nitrogens is 5. The average molecular weight is 446 g/mol. The van der Waals surface area contributed by atoms with Crippen LogP contribution in [0.1, 0.15) is 25.7 Å². The number of aromatic amines is 1. The maximum absolute atomic E-state index is 14.5. The van der Waals surface area contributed by atoms with Crippen molar-refractivity contribution >= 4 is 22.6 Å². The lowest BCUT2D eigenvalue weighted by molar-refractivity contribution is -0.169. The molecular weight excluding hydrogens is 425 g/mol. The van der Waals surface area contributed by atoms with Gasteiger partial charge in [0.1, 0.15) is 5.65 Å². The van der Waals surface area contributed by atoms with Gasteiger partial charge in [0.2, 0.25) is 11.8 Å². The number of ether oxygens (including phenoxy) is 2. The van der Waals surface area contributed by atoms with Gasteiger partial charge in [0.05, 0.1) is 18.6 Å². The maximum atomic E-state index is 14.5. The van der Waals surface area contributed by atoms with Gasteiger partial charge in [0.25, 0.3) is 0 Å². The Balaban J connectivity index is 1.42. The van der Waals surface area contributed by atoms with Crippen molar-refractivity contribution < 1.29 is 22.6 Å². The van der Waals surface area contributed by atoms with E-state index in [4.69, 9.17) is 4.74 Å². The predicted octanol–water partition coefficient (Wildman–Crippen LogP) is 4.38. The third-order valence-electron chi connectivity index (χ3n) is 5.75. The minimum absolute atomic E-state index is 0.0434. The number of rotatable bonds is 6. The molecule has 0 amide bonds. The van der Waals surface area contributed by atoms with E-state index in [1.807, 2.05) is 0 Å². The zero-order valence-electron chi connectivity index (χ0n) is 17.2. The van der Waals surface area contributed by atoms with E-state index in [9.17, 15) is 13.2 Å². The summed E-state index contributed by atoms with van der Waals surface area (Å²) in [5, 5.41) is 3.89. The molecule has 1 fully saturated rings. The van der Waals surface area contributed by atoms with Crippen LogP contribution in [0.4, 0.5) is 19.1 Å². The van der Waals surface area contributed by atoms with Gasteiger partial charge in [-0.2, -0.15) is 18.7 Å². The van der Waals surface area contributed by atoms with Crippen molar-refractivity contribution in [2.75, 3.05) is 12.4 Å². The average Bonchev–Trinajstić information content (AvgIpc) is 3.41. The maximum Gasteiger partial charge on any atom is 0.345 e. The Morgan fingerprint density at radius 2 is 2.03 bits per heavy atom. The molecule has 1 aliphatic carbocycles. The molecule has 0 aliphatic heterocycles. The molecule has 0 spiro atoms. The third kappa shape index (κ3) is 3.83. The van der Waals surface area contributed by atoms with Crippen LogP contribution in [0.15, 0.2) is 30.9 Å². The van der Waals surface area contributed by atoms with Crippen LogP contribution in [0.2, 0.25) is 0 Å². The van der Waals surface area contributed by atoms with E-state index in [-0.39, 0.29) is 11.7 Å². The number of imidazole rings is 1. The summed E-state index contributed by atoms with van der Waals surface area (Å²) in [6.07, 6.45) is 8.70. The first-order valence-electron chi connectivity index (χ1n) is 10.3. The van der Waals surface area contributed by atoms with Crippen molar-refractivity contribution in [2.24, 2.45) is 0 Å². The molecule has 1 aliphatic rings. The largest absolute Gasteiger partial charge is 0.480 e. The molecule has 4 aromatic heterocycles. The van der Waals surface area contributed by atoms with Crippen molar-refractivity contribution in [3.8, 4) is 17.0 Å². The molecule has 8 nitrogen and oxygen atoms in total. The summed E-state index contributed by atoms with van der Waals surface area (Å²) in [6, 6.07) is 1.46. The lowest BCUT2D eigenvalue weighted by atomic mass is 9.93. The van der Waals surface area contributed by atoms with Crippen LogP contribution < -0.4 is 10.1 Å². The Bertz CT molecular complexity index is 1250. The smallest absolute Gasteiger partial charge is 0.345 e. The second kappa shape index (κ2) is 8.30. The summed E-state index contributed by atoms with van der Waals surface area (Å²) in [6.45, 7) is -2.75. The number of anilines is 1. The molecule has 0 radical (unpaired) electrons. The molecule has 2 N–H and O–H groups in total. The molecule has 168 valence electrons. The summed E-state index contributed by atoms with van der Waals surface area (Å²) in [7, 11) is 1.51. The van der Waals surface area contributed by atoms with Gasteiger partial charge < -0.3 is 24.2 Å². The zero-order valence-corrected chi connectivity index (χ0v) is 17.2. The van der Waals surface area contributed by atoms with Gasteiger partial charge in [-0.15, -0.1) is 0 Å². The van der Waals surface area contributed by atoms with Crippen LogP contribution in [-0.2, 0) is 4.74 Å². The fourth-order valence-electron chi connectivity index (χ4n) is 4.25. The molecule has 0 atom stereocenters. The molecule has 4 heterocycles. The van der Waals surface area contributed by atoms with Crippen LogP contribution in [-0.4, -0.2) is 50.2 Å². The summed E-state index contributed by atoms with van der Waals surface area (Å²) in [5.74, 6) is 0.276. The molecule has 0 aromatic carbocycles. The zero-order chi connectivity index (χ0) is 22.2. The van der Waals surface area contributed by atoms with Gasteiger partial charge in [0, 0.05) is 42.0 Å². The van der Waals surface area contributed by atoms with Crippen LogP contribution in [0.3, 0.4) is 0 Å². The molecule has 0 unspecified atom stereocenters. The highest BCUT2D eigenvalue weighted by Gasteiger charge is 2.25. The van der Waals surface area contributed by atoms with E-state index in [2.05, 4.69) is 30.0 Å². The number of hydrogen-bond donors (Lipinski definition) is 2. The van der Waals surface area contributed by atoms with Crippen LogP contribution in [0, 0.1) is 5.82 Å². The Kier molecular flexibility index (Phi) is 5.33. The Morgan fingerprint density at radius 1 is 1.22 bits per heavy atom. The van der Waals surface area contributed by atoms with Crippen molar-refractivity contribution in [2.45, 2.75) is 44.4 Å². The van der Waals surface area contributed by atoms with Gasteiger partial charge in [-0.1, -0.05) is 0 Å². The minimum Gasteiger partial charge on any atom is -0.480 e. The number of nitrogens with zero attached hydrogens (tertiary/aromatic N) is 4. The van der Waals surface area contributed by atoms with Gasteiger partial charge in [0.15, 0.2) is 11.5 Å². The highest BCUT2D eigenvalue weighted by Crippen LogP contribution is 2.35. The number of hydrogen-bond acceptors (Lipinski definition) is 6. The first-order chi connectivity index (χ1) is 15.5. The summed E-state index contributed by atoms with van der Waals surface area (Å²) >= 11 is 0. The third-order valence-corrected chi connectivity index (χ3v) is 5.75. The predicted molar refractivity (Wildman–Crippen MR) is 111 cm³/mol. The fourth-order valence-corrected chi connectivity index (χ4v) is 4.25. The Hall–Kier alpha value is -3.34. The molecule has 32 heavy (non-hydrogen) atoms. The van der Waals surface area contributed by atoms with E-state index in [1.165, 1.54) is 19.4 Å². The van der Waals surface area contributed by atoms with E-state index < -0.39 is 18.5 Å². The highest BCUT2D eigenvalue weighted by atomic mass is 19.3. The van der Waals surface area contributed by atoms with Crippen molar-refractivity contribution in [3.63, 3.8) is 0 Å². The van der Waals surface area contributed by atoms with Crippen LogP contribution in [0.25, 0.3) is 27.8 Å². The molecular formula is C21H21F3N6O2. The second-order valence-corrected chi connectivity index (χ2v) is 7.73. The van der Waals surface area contributed by atoms with Crippen LogP contribution >= 0.6 is 0 Å². The van der Waals surface area contributed by atoms with E-state index in [0.29, 0.717) is 59.7 Å². The van der Waals surface area contributed by atoms with Crippen LogP contribution in [0.5, 0.6) is 5.88 Å². The SMILES string of the molecule is COc1nc(N[C@H]2CC[C@@H](OC(F)F)CC2)nc2[nH]cc(-c3cc(F)c4nccn4c3)c12. The number of pyridine rings is 1. The van der Waals surface area contributed by atoms with Crippen molar-refractivity contribution in [1.82, 2.24) is 24.3 Å². The number of fused-ring (bicyclic) bond motifs is 2. The standard InChI is InChI=1S/C21H21F3N6O2/c1-31-19-16-14(11-8-15(22)18-25-6-7-30(18)10-11)9-26-17(16)28-21(29-19)27-12-2-4-13(5-3-12)32-20(23)24/h6-10,12-13,20H,2-5H2,1H3,(H2,26,27,28,29)/t12-,13+. The number of nitrogens with one attached hydrogen (secondary N) is 2. The van der Waals surface area contributed by atoms with Crippen molar-refractivity contribution in [3.05, 3.63) is 36.7 Å². The Morgan fingerprint density at radius 3 is 2.78 bits per heavy atom. The normalized spacial score (nSPS) is 19.2. The molecule has 4 aromatic rings. The minimum atomic E-state index is -2.75. The van der Waals surface area contributed by atoms with Gasteiger partial charge in [-0.25, -0.2) is 9.37 Å². The summed E-state index contributed by atoms with van der Waals surface area (Å²) in [5.41, 5.74) is 2.11. The van der Waals surface area contributed by atoms with Gasteiger partial charge in [-0.3, -0.25) is 0 Å². The molecule has 0 saturated heterocycles. The highest BCUT2D eigenvalue weighted by molar-refractivity contribution is 5.97. The Labute approximate surface area is 180 Å². The second-order valence-electron chi connectivity index (χ2n) is 7.73. The molecule has 1 saturated carbocycles. The number of methoxy groups -OCH3 is 1.